The van der Waals surface area contributed by atoms with Crippen LogP contribution in [0.1, 0.15) is 17.4 Å². The number of aliphatic hydroxyl groups excluding tert-OH is 1. The fourth-order valence-electron chi connectivity index (χ4n) is 1.94. The van der Waals surface area contributed by atoms with E-state index >= 15 is 0 Å². The first-order valence-corrected chi connectivity index (χ1v) is 8.07. The van der Waals surface area contributed by atoms with Crippen molar-refractivity contribution in [3.63, 3.8) is 0 Å². The molecule has 8 nitrogen and oxygen atoms in total. The number of hydrogen-bond donors (Lipinski definition) is 3. The number of H-pyrrole nitrogens is 1. The van der Waals surface area contributed by atoms with Crippen molar-refractivity contribution in [2.45, 2.75) is 17.9 Å². The first-order chi connectivity index (χ1) is 9.95. The number of ether oxygens (including phenoxy) is 1. The minimum Gasteiger partial charge on any atom is -0.394 e. The summed E-state index contributed by atoms with van der Waals surface area (Å²) < 4.78 is 31.2. The third-order valence-electron chi connectivity index (χ3n) is 3.16. The first kappa shape index (κ1) is 16.0. The Kier molecular flexibility index (Phi) is 4.99. The molecule has 21 heavy (non-hydrogen) atoms. The largest absolute Gasteiger partial charge is 0.394 e. The quantitative estimate of drug-likeness (QED) is 0.655. The fraction of sp³-hybridized carbons (Fsp3) is 0.583. The number of morpholine rings is 1. The summed E-state index contributed by atoms with van der Waals surface area (Å²) in [5, 5.41) is 11.4. The van der Waals surface area contributed by atoms with E-state index in [1.165, 1.54) is 16.6 Å². The molecule has 1 amide bonds. The van der Waals surface area contributed by atoms with E-state index in [1.54, 1.807) is 6.92 Å². The lowest BCUT2D eigenvalue weighted by Gasteiger charge is -2.25. The van der Waals surface area contributed by atoms with E-state index < -0.39 is 22.0 Å². The molecule has 2 heterocycles. The predicted molar refractivity (Wildman–Crippen MR) is 74.4 cm³/mol. The standard InChI is InChI=1S/C12H19N3O5S/c1-9(8-16)14-12(17)11-6-10(7-13-11)21(18,19)15-2-4-20-5-3-15/h6-7,9,13,16H,2-5,8H2,1H3,(H,14,17)/t9-/m1/s1. The molecule has 1 aromatic heterocycles. The molecule has 1 saturated heterocycles. The van der Waals surface area contributed by atoms with Crippen LogP contribution < -0.4 is 5.32 Å². The van der Waals surface area contributed by atoms with Gasteiger partial charge in [0.1, 0.15) is 10.6 Å². The number of aromatic nitrogens is 1. The summed E-state index contributed by atoms with van der Waals surface area (Å²) in [7, 11) is -3.62. The first-order valence-electron chi connectivity index (χ1n) is 6.63. The zero-order valence-corrected chi connectivity index (χ0v) is 12.5. The molecule has 1 atom stereocenters. The number of carbonyl (C=O) groups is 1. The van der Waals surface area contributed by atoms with Crippen molar-refractivity contribution in [1.82, 2.24) is 14.6 Å². The van der Waals surface area contributed by atoms with Gasteiger partial charge in [0.15, 0.2) is 0 Å². The van der Waals surface area contributed by atoms with Crippen LogP contribution in [0.5, 0.6) is 0 Å². The van der Waals surface area contributed by atoms with E-state index in [1.807, 2.05) is 0 Å². The molecule has 1 aliphatic heterocycles. The number of nitrogens with one attached hydrogen (secondary N) is 2. The lowest BCUT2D eigenvalue weighted by Crippen LogP contribution is -2.40. The van der Waals surface area contributed by atoms with Crippen LogP contribution in [0, 0.1) is 0 Å². The van der Waals surface area contributed by atoms with Crippen LogP contribution in [0.2, 0.25) is 0 Å². The van der Waals surface area contributed by atoms with Crippen LogP contribution in [-0.2, 0) is 14.8 Å². The van der Waals surface area contributed by atoms with Gasteiger partial charge in [-0.3, -0.25) is 4.79 Å². The lowest BCUT2D eigenvalue weighted by atomic mass is 10.3. The number of rotatable bonds is 5. The van der Waals surface area contributed by atoms with E-state index in [-0.39, 0.29) is 17.2 Å². The fourth-order valence-corrected chi connectivity index (χ4v) is 3.34. The van der Waals surface area contributed by atoms with Gasteiger partial charge in [-0.2, -0.15) is 4.31 Å². The molecule has 3 N–H and O–H groups in total. The van der Waals surface area contributed by atoms with Crippen LogP contribution in [0.25, 0.3) is 0 Å². The van der Waals surface area contributed by atoms with Crippen molar-refractivity contribution in [1.29, 1.82) is 0 Å². The number of aliphatic hydroxyl groups is 1. The van der Waals surface area contributed by atoms with Crippen LogP contribution >= 0.6 is 0 Å². The summed E-state index contributed by atoms with van der Waals surface area (Å²) in [5.74, 6) is -0.458. The topological polar surface area (TPSA) is 112 Å². The minimum atomic E-state index is -3.62. The molecule has 0 aromatic carbocycles. The second-order valence-corrected chi connectivity index (χ2v) is 6.76. The van der Waals surface area contributed by atoms with Crippen molar-refractivity contribution in [3.8, 4) is 0 Å². The summed E-state index contributed by atoms with van der Waals surface area (Å²) in [6.45, 7) is 2.79. The number of aromatic amines is 1. The smallest absolute Gasteiger partial charge is 0.268 e. The maximum atomic E-state index is 12.4. The van der Waals surface area contributed by atoms with Crippen LogP contribution in [0.4, 0.5) is 0 Å². The Morgan fingerprint density at radius 3 is 2.81 bits per heavy atom. The Labute approximate surface area is 123 Å². The molecule has 0 aliphatic carbocycles. The molecular weight excluding hydrogens is 298 g/mol. The normalized spacial score (nSPS) is 18.4. The molecule has 9 heteroatoms. The highest BCUT2D eigenvalue weighted by atomic mass is 32.2. The third kappa shape index (κ3) is 3.62. The Balaban J connectivity index is 2.13. The highest BCUT2D eigenvalue weighted by molar-refractivity contribution is 7.89. The number of carbonyl (C=O) groups excluding carboxylic acids is 1. The highest BCUT2D eigenvalue weighted by Gasteiger charge is 2.28. The molecule has 0 saturated carbocycles. The van der Waals surface area contributed by atoms with Crippen LogP contribution in [0.3, 0.4) is 0 Å². The summed E-state index contributed by atoms with van der Waals surface area (Å²) in [6, 6.07) is 0.893. The average Bonchev–Trinajstić information content (AvgIpc) is 2.98. The second kappa shape index (κ2) is 6.56. The monoisotopic (exact) mass is 317 g/mol. The van der Waals surface area contributed by atoms with Crippen molar-refractivity contribution >= 4 is 15.9 Å². The number of nitrogens with zero attached hydrogens (tertiary/aromatic N) is 1. The second-order valence-electron chi connectivity index (χ2n) is 4.82. The summed E-state index contributed by atoms with van der Waals surface area (Å²) in [4.78, 5) is 14.5. The van der Waals surface area contributed by atoms with Gasteiger partial charge in [0, 0.05) is 25.3 Å². The molecule has 0 unspecified atom stereocenters. The zero-order chi connectivity index (χ0) is 15.5. The Morgan fingerprint density at radius 2 is 2.19 bits per heavy atom. The van der Waals surface area contributed by atoms with Gasteiger partial charge in [-0.25, -0.2) is 8.42 Å². The van der Waals surface area contributed by atoms with Crippen molar-refractivity contribution in [2.75, 3.05) is 32.9 Å². The third-order valence-corrected chi connectivity index (χ3v) is 5.04. The van der Waals surface area contributed by atoms with E-state index in [9.17, 15) is 13.2 Å². The van der Waals surface area contributed by atoms with Crippen LogP contribution in [-0.4, -0.2) is 67.7 Å². The van der Waals surface area contributed by atoms with Crippen LogP contribution in [0.15, 0.2) is 17.2 Å². The molecule has 1 aliphatic rings. The molecule has 0 spiro atoms. The lowest BCUT2D eigenvalue weighted by molar-refractivity contribution is 0.0730. The number of sulfonamides is 1. The summed E-state index contributed by atoms with van der Waals surface area (Å²) in [5.41, 5.74) is 0.141. The molecule has 118 valence electrons. The Morgan fingerprint density at radius 1 is 1.52 bits per heavy atom. The molecular formula is C12H19N3O5S. The van der Waals surface area contributed by atoms with Gasteiger partial charge in [-0.15, -0.1) is 0 Å². The number of amides is 1. The molecule has 2 rings (SSSR count). The van der Waals surface area contributed by atoms with E-state index in [4.69, 9.17) is 9.84 Å². The van der Waals surface area contributed by atoms with E-state index in [2.05, 4.69) is 10.3 Å². The van der Waals surface area contributed by atoms with Crippen molar-refractivity contribution < 1.29 is 23.1 Å². The van der Waals surface area contributed by atoms with E-state index in [0.29, 0.717) is 26.3 Å². The van der Waals surface area contributed by atoms with Crippen molar-refractivity contribution in [2.24, 2.45) is 0 Å². The molecule has 1 aromatic rings. The Hall–Kier alpha value is -1.42. The van der Waals surface area contributed by atoms with Gasteiger partial charge in [0.2, 0.25) is 10.0 Å². The minimum absolute atomic E-state index is 0.0474. The molecule has 1 fully saturated rings. The molecule has 0 bridgehead atoms. The molecule has 0 radical (unpaired) electrons. The van der Waals surface area contributed by atoms with Gasteiger partial charge < -0.3 is 20.1 Å². The SMILES string of the molecule is C[C@H](CO)NC(=O)c1cc(S(=O)(=O)N2CCOCC2)c[nH]1. The zero-order valence-electron chi connectivity index (χ0n) is 11.7. The van der Waals surface area contributed by atoms with Gasteiger partial charge in [0.05, 0.1) is 19.8 Å². The average molecular weight is 317 g/mol. The predicted octanol–water partition coefficient (Wildman–Crippen LogP) is -0.854. The Bertz CT molecular complexity index is 592. The van der Waals surface area contributed by atoms with Crippen molar-refractivity contribution in [3.05, 3.63) is 18.0 Å². The van der Waals surface area contributed by atoms with Gasteiger partial charge >= 0.3 is 0 Å². The van der Waals surface area contributed by atoms with Gasteiger partial charge in [-0.1, -0.05) is 0 Å². The number of hydrogen-bond acceptors (Lipinski definition) is 5. The maximum absolute atomic E-state index is 12.4. The summed E-state index contributed by atoms with van der Waals surface area (Å²) in [6.07, 6.45) is 1.29. The van der Waals surface area contributed by atoms with E-state index in [0.717, 1.165) is 0 Å². The maximum Gasteiger partial charge on any atom is 0.268 e. The van der Waals surface area contributed by atoms with Gasteiger partial charge in [-0.05, 0) is 13.0 Å². The van der Waals surface area contributed by atoms with Gasteiger partial charge in [0.25, 0.3) is 5.91 Å². The highest BCUT2D eigenvalue weighted by Crippen LogP contribution is 2.18. The summed E-state index contributed by atoms with van der Waals surface area (Å²) >= 11 is 0.